The van der Waals surface area contributed by atoms with Gasteiger partial charge in [-0.15, -0.1) is 0 Å². The Morgan fingerprint density at radius 2 is 1.74 bits per heavy atom. The van der Waals surface area contributed by atoms with E-state index in [4.69, 9.17) is 27.9 Å². The standard InChI is InChI=1S/C15H23Cl2NO/c1-5-15(6-2,19-4)14(18-3)10-11-12(16)8-7-9-13(11)17/h7-9,14,18H,5-6,10H2,1-4H3. The van der Waals surface area contributed by atoms with E-state index in [9.17, 15) is 0 Å². The molecule has 1 aromatic rings. The summed E-state index contributed by atoms with van der Waals surface area (Å²) in [6.45, 7) is 4.29. The minimum atomic E-state index is -0.197. The maximum Gasteiger partial charge on any atom is 0.0828 e. The van der Waals surface area contributed by atoms with Crippen LogP contribution < -0.4 is 5.32 Å². The maximum absolute atomic E-state index is 6.26. The fraction of sp³-hybridized carbons (Fsp3) is 0.600. The van der Waals surface area contributed by atoms with Crippen LogP contribution in [-0.4, -0.2) is 25.8 Å². The minimum Gasteiger partial charge on any atom is -0.377 e. The molecule has 2 nitrogen and oxygen atoms in total. The zero-order chi connectivity index (χ0) is 14.5. The molecule has 1 atom stereocenters. The van der Waals surface area contributed by atoms with E-state index in [2.05, 4.69) is 19.2 Å². The van der Waals surface area contributed by atoms with Crippen molar-refractivity contribution >= 4 is 23.2 Å². The molecule has 1 N–H and O–H groups in total. The van der Waals surface area contributed by atoms with Crippen molar-refractivity contribution in [3.05, 3.63) is 33.8 Å². The topological polar surface area (TPSA) is 21.3 Å². The van der Waals surface area contributed by atoms with Crippen LogP contribution in [0.4, 0.5) is 0 Å². The lowest BCUT2D eigenvalue weighted by Gasteiger charge is -2.38. The number of likely N-dealkylation sites (N-methyl/N-ethyl adjacent to an activating group) is 1. The van der Waals surface area contributed by atoms with E-state index >= 15 is 0 Å². The quantitative estimate of drug-likeness (QED) is 0.809. The van der Waals surface area contributed by atoms with Crippen LogP contribution in [0.2, 0.25) is 10.0 Å². The van der Waals surface area contributed by atoms with Crippen molar-refractivity contribution < 1.29 is 4.74 Å². The molecule has 1 aromatic carbocycles. The van der Waals surface area contributed by atoms with Crippen molar-refractivity contribution in [1.29, 1.82) is 0 Å². The molecule has 0 radical (unpaired) electrons. The smallest absolute Gasteiger partial charge is 0.0828 e. The van der Waals surface area contributed by atoms with E-state index < -0.39 is 0 Å². The second-order valence-electron chi connectivity index (χ2n) is 4.72. The first-order valence-electron chi connectivity index (χ1n) is 6.69. The van der Waals surface area contributed by atoms with Crippen LogP contribution in [0, 0.1) is 0 Å². The van der Waals surface area contributed by atoms with Crippen molar-refractivity contribution in [2.75, 3.05) is 14.2 Å². The molecule has 1 rings (SSSR count). The summed E-state index contributed by atoms with van der Waals surface area (Å²) in [5.41, 5.74) is 0.783. The summed E-state index contributed by atoms with van der Waals surface area (Å²) >= 11 is 12.5. The Bertz CT molecular complexity index is 377. The van der Waals surface area contributed by atoms with Gasteiger partial charge in [-0.1, -0.05) is 43.1 Å². The predicted molar refractivity (Wildman–Crippen MR) is 83.3 cm³/mol. The molecule has 0 spiro atoms. The van der Waals surface area contributed by atoms with E-state index in [0.29, 0.717) is 10.0 Å². The van der Waals surface area contributed by atoms with Gasteiger partial charge < -0.3 is 10.1 Å². The van der Waals surface area contributed by atoms with Crippen LogP contribution >= 0.6 is 23.2 Å². The first kappa shape index (κ1) is 16.8. The highest BCUT2D eigenvalue weighted by Gasteiger charge is 2.35. The molecule has 4 heteroatoms. The molecular formula is C15H23Cl2NO. The second-order valence-corrected chi connectivity index (χ2v) is 5.54. The zero-order valence-corrected chi connectivity index (χ0v) is 13.6. The molecule has 0 aliphatic rings. The molecule has 0 aliphatic carbocycles. The van der Waals surface area contributed by atoms with Crippen LogP contribution in [0.5, 0.6) is 0 Å². The third-order valence-electron chi connectivity index (χ3n) is 4.06. The Morgan fingerprint density at radius 3 is 2.11 bits per heavy atom. The molecular weight excluding hydrogens is 281 g/mol. The highest BCUT2D eigenvalue weighted by molar-refractivity contribution is 6.36. The van der Waals surface area contributed by atoms with Gasteiger partial charge in [0.15, 0.2) is 0 Å². The van der Waals surface area contributed by atoms with Gasteiger partial charge >= 0.3 is 0 Å². The lowest BCUT2D eigenvalue weighted by molar-refractivity contribution is -0.0454. The summed E-state index contributed by atoms with van der Waals surface area (Å²) in [5.74, 6) is 0. The molecule has 1 unspecified atom stereocenters. The van der Waals surface area contributed by atoms with Crippen molar-refractivity contribution in [2.45, 2.75) is 44.8 Å². The lowest BCUT2D eigenvalue weighted by atomic mass is 9.84. The van der Waals surface area contributed by atoms with Crippen LogP contribution in [-0.2, 0) is 11.2 Å². The first-order valence-corrected chi connectivity index (χ1v) is 7.45. The monoisotopic (exact) mass is 303 g/mol. The molecule has 0 aliphatic heterocycles. The average Bonchev–Trinajstić information content (AvgIpc) is 2.43. The van der Waals surface area contributed by atoms with E-state index in [1.807, 2.05) is 25.2 Å². The number of hydrogen-bond acceptors (Lipinski definition) is 2. The number of hydrogen-bond donors (Lipinski definition) is 1. The summed E-state index contributed by atoms with van der Waals surface area (Å²) in [7, 11) is 3.72. The molecule has 108 valence electrons. The summed E-state index contributed by atoms with van der Waals surface area (Å²) in [6, 6.07) is 5.79. The van der Waals surface area contributed by atoms with Gasteiger partial charge in [-0.2, -0.15) is 0 Å². The number of ether oxygens (including phenoxy) is 1. The van der Waals surface area contributed by atoms with E-state index in [0.717, 1.165) is 24.8 Å². The molecule has 19 heavy (non-hydrogen) atoms. The summed E-state index contributed by atoms with van der Waals surface area (Å²) in [6.07, 6.45) is 2.63. The van der Waals surface area contributed by atoms with Gasteiger partial charge in [-0.3, -0.25) is 0 Å². The molecule has 0 bridgehead atoms. The second kappa shape index (κ2) is 7.49. The van der Waals surface area contributed by atoms with Gasteiger partial charge in [-0.25, -0.2) is 0 Å². The average molecular weight is 304 g/mol. The van der Waals surface area contributed by atoms with Crippen LogP contribution in [0.25, 0.3) is 0 Å². The first-order chi connectivity index (χ1) is 9.04. The third-order valence-corrected chi connectivity index (χ3v) is 4.77. The van der Waals surface area contributed by atoms with Crippen LogP contribution in [0.15, 0.2) is 18.2 Å². The van der Waals surface area contributed by atoms with Crippen LogP contribution in [0.3, 0.4) is 0 Å². The Kier molecular flexibility index (Phi) is 6.61. The van der Waals surface area contributed by atoms with Crippen molar-refractivity contribution in [3.8, 4) is 0 Å². The Morgan fingerprint density at radius 1 is 1.21 bits per heavy atom. The Labute approximate surface area is 126 Å². The van der Waals surface area contributed by atoms with Gasteiger partial charge in [0.25, 0.3) is 0 Å². The fourth-order valence-electron chi connectivity index (χ4n) is 2.66. The van der Waals surface area contributed by atoms with Crippen molar-refractivity contribution in [1.82, 2.24) is 5.32 Å². The number of halogens is 2. The minimum absolute atomic E-state index is 0.171. The Balaban J connectivity index is 3.05. The normalized spacial score (nSPS) is 13.6. The molecule has 0 amide bonds. The van der Waals surface area contributed by atoms with Gasteiger partial charge in [-0.05, 0) is 44.0 Å². The van der Waals surface area contributed by atoms with E-state index in [-0.39, 0.29) is 11.6 Å². The Hall–Kier alpha value is -0.280. The van der Waals surface area contributed by atoms with Gasteiger partial charge in [0.2, 0.25) is 0 Å². The molecule has 0 heterocycles. The van der Waals surface area contributed by atoms with E-state index in [1.54, 1.807) is 7.11 Å². The lowest BCUT2D eigenvalue weighted by Crippen LogP contribution is -2.51. The van der Waals surface area contributed by atoms with Crippen molar-refractivity contribution in [3.63, 3.8) is 0 Å². The summed E-state index contributed by atoms with van der Waals surface area (Å²) in [5, 5.41) is 4.78. The summed E-state index contributed by atoms with van der Waals surface area (Å²) < 4.78 is 5.79. The van der Waals surface area contributed by atoms with E-state index in [1.165, 1.54) is 0 Å². The number of benzene rings is 1. The molecule has 0 saturated heterocycles. The zero-order valence-electron chi connectivity index (χ0n) is 12.1. The highest BCUT2D eigenvalue weighted by Crippen LogP contribution is 2.31. The van der Waals surface area contributed by atoms with Gasteiger partial charge in [0, 0.05) is 23.2 Å². The number of nitrogens with one attached hydrogen (secondary N) is 1. The number of methoxy groups -OCH3 is 1. The van der Waals surface area contributed by atoms with Crippen LogP contribution in [0.1, 0.15) is 32.3 Å². The van der Waals surface area contributed by atoms with Crippen molar-refractivity contribution in [2.24, 2.45) is 0 Å². The third kappa shape index (κ3) is 3.63. The van der Waals surface area contributed by atoms with Gasteiger partial charge in [0.05, 0.1) is 5.60 Å². The largest absolute Gasteiger partial charge is 0.377 e. The fourth-order valence-corrected chi connectivity index (χ4v) is 3.21. The highest BCUT2D eigenvalue weighted by atomic mass is 35.5. The molecule has 0 aromatic heterocycles. The predicted octanol–water partition coefficient (Wildman–Crippen LogP) is 4.33. The number of rotatable bonds is 7. The van der Waals surface area contributed by atoms with Gasteiger partial charge in [0.1, 0.15) is 0 Å². The summed E-state index contributed by atoms with van der Waals surface area (Å²) in [4.78, 5) is 0. The molecule has 0 saturated carbocycles. The maximum atomic E-state index is 6.26. The molecule has 0 fully saturated rings. The SMILES string of the molecule is CCC(CC)(OC)C(Cc1c(Cl)cccc1Cl)NC.